The third-order valence-electron chi connectivity index (χ3n) is 5.16. The molecule has 1 fully saturated rings. The second-order valence-electron chi connectivity index (χ2n) is 7.32. The highest BCUT2D eigenvalue weighted by molar-refractivity contribution is 7.89. The van der Waals surface area contributed by atoms with Gasteiger partial charge in [0.05, 0.1) is 19.8 Å². The minimum Gasteiger partial charge on any atom is -0.495 e. The van der Waals surface area contributed by atoms with E-state index in [0.717, 1.165) is 28.6 Å². The SMILES string of the molecule is COC(=O)[C@@H]1CCCN1S(=O)(=O)c1ccc(NC(=O)Nc2ccc(C(F)(F)F)cc2)cc1OC. The first-order valence-corrected chi connectivity index (χ1v) is 11.4. The summed E-state index contributed by atoms with van der Waals surface area (Å²) >= 11 is 0. The number of nitrogens with zero attached hydrogens (tertiary/aromatic N) is 1. The molecule has 0 radical (unpaired) electrons. The lowest BCUT2D eigenvalue weighted by Crippen LogP contribution is -2.41. The molecule has 2 amide bonds. The highest BCUT2D eigenvalue weighted by Crippen LogP contribution is 2.34. The third-order valence-corrected chi connectivity index (χ3v) is 7.10. The van der Waals surface area contributed by atoms with E-state index >= 15 is 0 Å². The number of hydrogen-bond donors (Lipinski definition) is 2. The van der Waals surface area contributed by atoms with Gasteiger partial charge in [-0.3, -0.25) is 4.79 Å². The Bertz CT molecular complexity index is 1170. The third kappa shape index (κ3) is 5.42. The summed E-state index contributed by atoms with van der Waals surface area (Å²) in [6, 6.07) is 6.01. The summed E-state index contributed by atoms with van der Waals surface area (Å²) in [6.45, 7) is 0.140. The van der Waals surface area contributed by atoms with Crippen LogP contribution in [0.15, 0.2) is 47.4 Å². The Labute approximate surface area is 193 Å². The summed E-state index contributed by atoms with van der Waals surface area (Å²) in [5.74, 6) is -0.721. The van der Waals surface area contributed by atoms with Crippen LogP contribution < -0.4 is 15.4 Å². The van der Waals surface area contributed by atoms with E-state index in [1.165, 1.54) is 32.4 Å². The van der Waals surface area contributed by atoms with Gasteiger partial charge in [0.15, 0.2) is 0 Å². The van der Waals surface area contributed by atoms with Crippen molar-refractivity contribution in [3.8, 4) is 5.75 Å². The van der Waals surface area contributed by atoms with Crippen molar-refractivity contribution >= 4 is 33.4 Å². The number of anilines is 2. The largest absolute Gasteiger partial charge is 0.495 e. The number of halogens is 3. The van der Waals surface area contributed by atoms with Gasteiger partial charge in [-0.1, -0.05) is 0 Å². The zero-order valence-corrected chi connectivity index (χ0v) is 19.0. The number of hydrogen-bond acceptors (Lipinski definition) is 6. The Balaban J connectivity index is 1.76. The van der Waals surface area contributed by atoms with Crippen LogP contribution in [-0.2, 0) is 25.7 Å². The molecule has 13 heteroatoms. The van der Waals surface area contributed by atoms with Gasteiger partial charge in [0.1, 0.15) is 16.7 Å². The van der Waals surface area contributed by atoms with Gasteiger partial charge >= 0.3 is 18.2 Å². The van der Waals surface area contributed by atoms with Crippen molar-refractivity contribution in [2.45, 2.75) is 30.0 Å². The Hall–Kier alpha value is -3.32. The summed E-state index contributed by atoms with van der Waals surface area (Å²) in [4.78, 5) is 24.0. The maximum absolute atomic E-state index is 13.2. The topological polar surface area (TPSA) is 114 Å². The molecule has 0 aromatic heterocycles. The van der Waals surface area contributed by atoms with Crippen LogP contribution in [0.4, 0.5) is 29.3 Å². The predicted octanol–water partition coefficient (Wildman–Crippen LogP) is 3.68. The molecule has 1 atom stereocenters. The van der Waals surface area contributed by atoms with Crippen LogP contribution in [0.5, 0.6) is 5.75 Å². The molecule has 2 N–H and O–H groups in total. The fourth-order valence-electron chi connectivity index (χ4n) is 3.52. The molecule has 1 aliphatic heterocycles. The normalized spacial score (nSPS) is 16.7. The van der Waals surface area contributed by atoms with E-state index in [1.807, 2.05) is 0 Å². The molecule has 2 aromatic rings. The first kappa shape index (κ1) is 25.3. The Kier molecular flexibility index (Phi) is 7.36. The molecule has 184 valence electrons. The van der Waals surface area contributed by atoms with Crippen LogP contribution in [0.2, 0.25) is 0 Å². The smallest absolute Gasteiger partial charge is 0.416 e. The van der Waals surface area contributed by atoms with Crippen LogP contribution in [0.3, 0.4) is 0 Å². The Morgan fingerprint density at radius 2 is 1.65 bits per heavy atom. The molecule has 0 spiro atoms. The molecule has 34 heavy (non-hydrogen) atoms. The molecule has 0 saturated carbocycles. The highest BCUT2D eigenvalue weighted by atomic mass is 32.2. The number of ether oxygens (including phenoxy) is 2. The molecule has 9 nitrogen and oxygen atoms in total. The summed E-state index contributed by atoms with van der Waals surface area (Å²) < 4.78 is 75.3. The number of rotatable bonds is 6. The highest BCUT2D eigenvalue weighted by Gasteiger charge is 2.41. The summed E-state index contributed by atoms with van der Waals surface area (Å²) in [7, 11) is -1.67. The van der Waals surface area contributed by atoms with Crippen LogP contribution in [0.1, 0.15) is 18.4 Å². The van der Waals surface area contributed by atoms with Gasteiger partial charge in [0.2, 0.25) is 10.0 Å². The van der Waals surface area contributed by atoms with Crippen molar-refractivity contribution in [1.82, 2.24) is 4.31 Å². The number of methoxy groups -OCH3 is 2. The molecule has 2 aromatic carbocycles. The number of nitrogens with one attached hydrogen (secondary N) is 2. The standard InChI is InChI=1S/C21H22F3N3O6S/c1-32-17-12-15(26-20(29)25-14-7-5-13(6-8-14)21(22,23)24)9-10-18(17)34(30,31)27-11-3-4-16(27)19(28)33-2/h5-10,12,16H,3-4,11H2,1-2H3,(H2,25,26,29)/t16-/m0/s1. The number of benzene rings is 2. The van der Waals surface area contributed by atoms with Gasteiger partial charge in [0.25, 0.3) is 0 Å². The number of sulfonamides is 1. The van der Waals surface area contributed by atoms with Gasteiger partial charge in [-0.15, -0.1) is 0 Å². The van der Waals surface area contributed by atoms with Crippen molar-refractivity contribution in [1.29, 1.82) is 0 Å². The lowest BCUT2D eigenvalue weighted by molar-refractivity contribution is -0.144. The fourth-order valence-corrected chi connectivity index (χ4v) is 5.31. The van der Waals surface area contributed by atoms with Crippen molar-refractivity contribution in [2.24, 2.45) is 0 Å². The van der Waals surface area contributed by atoms with Crippen LogP contribution >= 0.6 is 0 Å². The van der Waals surface area contributed by atoms with Crippen LogP contribution in [0.25, 0.3) is 0 Å². The van der Waals surface area contributed by atoms with Gasteiger partial charge in [-0.25, -0.2) is 13.2 Å². The second-order valence-corrected chi connectivity index (χ2v) is 9.18. The molecule has 1 saturated heterocycles. The van der Waals surface area contributed by atoms with Crippen molar-refractivity contribution in [3.63, 3.8) is 0 Å². The number of carbonyl (C=O) groups is 2. The monoisotopic (exact) mass is 501 g/mol. The zero-order chi connectivity index (χ0) is 25.1. The zero-order valence-electron chi connectivity index (χ0n) is 18.2. The number of carbonyl (C=O) groups excluding carboxylic acids is 2. The number of alkyl halides is 3. The summed E-state index contributed by atoms with van der Waals surface area (Å²) in [5, 5.41) is 4.84. The first-order valence-electron chi connectivity index (χ1n) is 10.0. The Morgan fingerprint density at radius 1 is 1.03 bits per heavy atom. The van der Waals surface area contributed by atoms with E-state index in [-0.39, 0.29) is 28.6 Å². The predicted molar refractivity (Wildman–Crippen MR) is 116 cm³/mol. The quantitative estimate of drug-likeness (QED) is 0.584. The van der Waals surface area contributed by atoms with E-state index in [2.05, 4.69) is 10.6 Å². The first-order chi connectivity index (χ1) is 16.0. The van der Waals surface area contributed by atoms with Crippen LogP contribution in [-0.4, -0.2) is 51.5 Å². The number of amides is 2. The molecule has 0 bridgehead atoms. The molecule has 0 aliphatic carbocycles. The van der Waals surface area contributed by atoms with Gasteiger partial charge in [-0.05, 0) is 49.2 Å². The molecule has 1 heterocycles. The van der Waals surface area contributed by atoms with Gasteiger partial charge < -0.3 is 20.1 Å². The average Bonchev–Trinajstić information content (AvgIpc) is 3.29. The van der Waals surface area contributed by atoms with Crippen molar-refractivity contribution < 1.29 is 40.7 Å². The maximum Gasteiger partial charge on any atom is 0.416 e. The van der Waals surface area contributed by atoms with E-state index in [9.17, 15) is 31.2 Å². The summed E-state index contributed by atoms with van der Waals surface area (Å²) in [5.41, 5.74) is -0.557. The molecule has 0 unspecified atom stereocenters. The van der Waals surface area contributed by atoms with Crippen LogP contribution in [0, 0.1) is 0 Å². The van der Waals surface area contributed by atoms with E-state index in [4.69, 9.17) is 9.47 Å². The molecule has 3 rings (SSSR count). The lowest BCUT2D eigenvalue weighted by Gasteiger charge is -2.23. The van der Waals surface area contributed by atoms with Crippen molar-refractivity contribution in [2.75, 3.05) is 31.4 Å². The lowest BCUT2D eigenvalue weighted by atomic mass is 10.2. The molecular weight excluding hydrogens is 479 g/mol. The molecular formula is C21H22F3N3O6S. The minimum atomic E-state index is -4.49. The Morgan fingerprint density at radius 3 is 2.24 bits per heavy atom. The van der Waals surface area contributed by atoms with Gasteiger partial charge in [0, 0.05) is 24.0 Å². The number of urea groups is 1. The summed E-state index contributed by atoms with van der Waals surface area (Å²) in [6.07, 6.45) is -3.67. The van der Waals surface area contributed by atoms with Gasteiger partial charge in [-0.2, -0.15) is 17.5 Å². The second kappa shape index (κ2) is 9.89. The fraction of sp³-hybridized carbons (Fsp3) is 0.333. The average molecular weight is 501 g/mol. The van der Waals surface area contributed by atoms with Crippen molar-refractivity contribution in [3.05, 3.63) is 48.0 Å². The maximum atomic E-state index is 13.2. The van der Waals surface area contributed by atoms with E-state index in [0.29, 0.717) is 12.8 Å². The van der Waals surface area contributed by atoms with E-state index < -0.39 is 39.8 Å². The molecule has 1 aliphatic rings. The number of esters is 1. The van der Waals surface area contributed by atoms with E-state index in [1.54, 1.807) is 0 Å². The minimum absolute atomic E-state index is 0.0668.